The fourth-order valence-electron chi connectivity index (χ4n) is 1.76. The van der Waals surface area contributed by atoms with E-state index in [1.165, 1.54) is 13.2 Å². The third kappa shape index (κ3) is 2.55. The molecule has 0 aromatic heterocycles. The first-order valence-corrected chi connectivity index (χ1v) is 6.08. The Kier molecular flexibility index (Phi) is 3.22. The molecule has 16 heavy (non-hydrogen) atoms. The summed E-state index contributed by atoms with van der Waals surface area (Å²) in [5.74, 6) is 0.256. The summed E-state index contributed by atoms with van der Waals surface area (Å²) in [7, 11) is 1.52. The fourth-order valence-corrected chi connectivity index (χ4v) is 2.17. The van der Waals surface area contributed by atoms with E-state index < -0.39 is 5.60 Å². The second kappa shape index (κ2) is 4.34. The van der Waals surface area contributed by atoms with Crippen LogP contribution in [0.1, 0.15) is 24.8 Å². The first kappa shape index (κ1) is 11.9. The van der Waals surface area contributed by atoms with Crippen molar-refractivity contribution in [3.05, 3.63) is 28.0 Å². The molecule has 1 fully saturated rings. The summed E-state index contributed by atoms with van der Waals surface area (Å²) in [6.07, 6.45) is 2.77. The Balaban J connectivity index is 2.17. The van der Waals surface area contributed by atoms with E-state index in [1.807, 2.05) is 0 Å². The van der Waals surface area contributed by atoms with Crippen LogP contribution in [0.3, 0.4) is 0 Å². The SMILES string of the molecule is COc1cc(Br)cc(F)c1CCC1(O)CC1. The standard InChI is InChI=1S/C12H14BrFO2/c1-16-11-7-8(13)6-10(14)9(11)2-3-12(15)4-5-12/h6-7,15H,2-5H2,1H3. The van der Waals surface area contributed by atoms with Gasteiger partial charge in [0.2, 0.25) is 0 Å². The van der Waals surface area contributed by atoms with Gasteiger partial charge < -0.3 is 9.84 Å². The zero-order valence-corrected chi connectivity index (χ0v) is 10.7. The molecule has 1 aromatic rings. The molecule has 0 atom stereocenters. The number of hydrogen-bond acceptors (Lipinski definition) is 2. The van der Waals surface area contributed by atoms with Crippen LogP contribution in [0, 0.1) is 5.82 Å². The van der Waals surface area contributed by atoms with Gasteiger partial charge in [0.25, 0.3) is 0 Å². The van der Waals surface area contributed by atoms with E-state index in [0.717, 1.165) is 12.8 Å². The smallest absolute Gasteiger partial charge is 0.131 e. The van der Waals surface area contributed by atoms with Crippen molar-refractivity contribution >= 4 is 15.9 Å². The van der Waals surface area contributed by atoms with Crippen LogP contribution in [0.4, 0.5) is 4.39 Å². The maximum Gasteiger partial charge on any atom is 0.131 e. The lowest BCUT2D eigenvalue weighted by molar-refractivity contribution is 0.140. The Morgan fingerprint density at radius 1 is 1.50 bits per heavy atom. The van der Waals surface area contributed by atoms with E-state index in [1.54, 1.807) is 6.07 Å². The van der Waals surface area contributed by atoms with Gasteiger partial charge in [0.05, 0.1) is 12.7 Å². The van der Waals surface area contributed by atoms with Gasteiger partial charge in [-0.15, -0.1) is 0 Å². The van der Waals surface area contributed by atoms with Gasteiger partial charge in [-0.1, -0.05) is 15.9 Å². The molecule has 88 valence electrons. The summed E-state index contributed by atoms with van der Waals surface area (Å²) in [5, 5.41) is 9.73. The first-order valence-electron chi connectivity index (χ1n) is 5.28. The molecule has 0 aliphatic heterocycles. The minimum absolute atomic E-state index is 0.282. The molecule has 0 amide bonds. The third-order valence-electron chi connectivity index (χ3n) is 3.01. The van der Waals surface area contributed by atoms with Crippen LogP contribution < -0.4 is 4.74 Å². The third-order valence-corrected chi connectivity index (χ3v) is 3.46. The maximum absolute atomic E-state index is 13.7. The predicted molar refractivity (Wildman–Crippen MR) is 63.2 cm³/mol. The van der Waals surface area contributed by atoms with Crippen molar-refractivity contribution < 1.29 is 14.2 Å². The van der Waals surface area contributed by atoms with Crippen molar-refractivity contribution in [2.75, 3.05) is 7.11 Å². The molecule has 1 N–H and O–H groups in total. The van der Waals surface area contributed by atoms with Crippen molar-refractivity contribution in [1.82, 2.24) is 0 Å². The summed E-state index contributed by atoms with van der Waals surface area (Å²) in [4.78, 5) is 0. The van der Waals surface area contributed by atoms with Gasteiger partial charge in [-0.25, -0.2) is 4.39 Å². The molecule has 4 heteroatoms. The van der Waals surface area contributed by atoms with Gasteiger partial charge in [0.15, 0.2) is 0 Å². The van der Waals surface area contributed by atoms with E-state index in [9.17, 15) is 9.50 Å². The monoisotopic (exact) mass is 288 g/mol. The Morgan fingerprint density at radius 2 is 2.19 bits per heavy atom. The minimum Gasteiger partial charge on any atom is -0.496 e. The van der Waals surface area contributed by atoms with E-state index in [2.05, 4.69) is 15.9 Å². The molecule has 2 nitrogen and oxygen atoms in total. The normalized spacial score (nSPS) is 17.2. The second-order valence-corrected chi connectivity index (χ2v) is 5.21. The zero-order valence-electron chi connectivity index (χ0n) is 9.09. The van der Waals surface area contributed by atoms with Crippen LogP contribution in [0.25, 0.3) is 0 Å². The molecule has 2 rings (SSSR count). The highest BCUT2D eigenvalue weighted by Crippen LogP contribution is 2.40. The number of hydrogen-bond donors (Lipinski definition) is 1. The van der Waals surface area contributed by atoms with Gasteiger partial charge >= 0.3 is 0 Å². The Morgan fingerprint density at radius 3 is 2.75 bits per heavy atom. The highest BCUT2D eigenvalue weighted by molar-refractivity contribution is 9.10. The van der Waals surface area contributed by atoms with Gasteiger partial charge in [-0.05, 0) is 37.8 Å². The Hall–Kier alpha value is -0.610. The molecule has 0 heterocycles. The van der Waals surface area contributed by atoms with Crippen LogP contribution in [-0.2, 0) is 6.42 Å². The molecule has 1 saturated carbocycles. The van der Waals surface area contributed by atoms with Gasteiger partial charge in [-0.3, -0.25) is 0 Å². The highest BCUT2D eigenvalue weighted by atomic mass is 79.9. The van der Waals surface area contributed by atoms with E-state index >= 15 is 0 Å². The number of methoxy groups -OCH3 is 1. The van der Waals surface area contributed by atoms with Crippen LogP contribution in [0.15, 0.2) is 16.6 Å². The zero-order chi connectivity index (χ0) is 11.8. The topological polar surface area (TPSA) is 29.5 Å². The predicted octanol–water partition coefficient (Wildman–Crippen LogP) is 3.05. The van der Waals surface area contributed by atoms with Crippen molar-refractivity contribution in [1.29, 1.82) is 0 Å². The lowest BCUT2D eigenvalue weighted by Gasteiger charge is -2.12. The van der Waals surface area contributed by atoms with E-state index in [0.29, 0.717) is 28.6 Å². The Labute approximate surface area is 103 Å². The van der Waals surface area contributed by atoms with Crippen LogP contribution >= 0.6 is 15.9 Å². The molecule has 0 bridgehead atoms. The maximum atomic E-state index is 13.7. The summed E-state index contributed by atoms with van der Waals surface area (Å²) in [6, 6.07) is 3.17. The number of halogens is 2. The Bertz CT molecular complexity index is 402. The summed E-state index contributed by atoms with van der Waals surface area (Å²) < 4.78 is 19.5. The fraction of sp³-hybridized carbons (Fsp3) is 0.500. The molecule has 1 aromatic carbocycles. The second-order valence-electron chi connectivity index (χ2n) is 4.29. The number of ether oxygens (including phenoxy) is 1. The number of rotatable bonds is 4. The minimum atomic E-state index is -0.551. The summed E-state index contributed by atoms with van der Waals surface area (Å²) in [6.45, 7) is 0. The van der Waals surface area contributed by atoms with E-state index in [4.69, 9.17) is 4.74 Å². The van der Waals surface area contributed by atoms with Crippen LogP contribution in [-0.4, -0.2) is 17.8 Å². The van der Waals surface area contributed by atoms with Gasteiger partial charge in [0.1, 0.15) is 11.6 Å². The molecule has 0 saturated heterocycles. The average molecular weight is 289 g/mol. The molecule has 0 unspecified atom stereocenters. The molecule has 1 aliphatic rings. The van der Waals surface area contributed by atoms with Crippen molar-refractivity contribution in [3.63, 3.8) is 0 Å². The van der Waals surface area contributed by atoms with Crippen LogP contribution in [0.2, 0.25) is 0 Å². The quantitative estimate of drug-likeness (QED) is 0.923. The molecular formula is C12H14BrFO2. The highest BCUT2D eigenvalue weighted by Gasteiger charge is 2.39. The van der Waals surface area contributed by atoms with Crippen LogP contribution in [0.5, 0.6) is 5.75 Å². The molecule has 1 aliphatic carbocycles. The van der Waals surface area contributed by atoms with Crippen molar-refractivity contribution in [2.45, 2.75) is 31.3 Å². The van der Waals surface area contributed by atoms with Crippen molar-refractivity contribution in [2.24, 2.45) is 0 Å². The average Bonchev–Trinajstić information content (AvgIpc) is 2.94. The lowest BCUT2D eigenvalue weighted by atomic mass is 10.0. The van der Waals surface area contributed by atoms with Gasteiger partial charge in [0, 0.05) is 10.0 Å². The molecule has 0 radical (unpaired) electrons. The molecule has 0 spiro atoms. The number of aliphatic hydroxyl groups is 1. The molecular weight excluding hydrogens is 275 g/mol. The van der Waals surface area contributed by atoms with E-state index in [-0.39, 0.29) is 5.82 Å². The number of benzene rings is 1. The van der Waals surface area contributed by atoms with Crippen molar-refractivity contribution in [3.8, 4) is 5.75 Å². The largest absolute Gasteiger partial charge is 0.496 e. The first-order chi connectivity index (χ1) is 7.54. The van der Waals surface area contributed by atoms with Gasteiger partial charge in [-0.2, -0.15) is 0 Å². The summed E-state index contributed by atoms with van der Waals surface area (Å²) in [5.41, 5.74) is -0.00382. The summed E-state index contributed by atoms with van der Waals surface area (Å²) >= 11 is 3.22. The lowest BCUT2D eigenvalue weighted by Crippen LogP contribution is -2.09.